The van der Waals surface area contributed by atoms with Gasteiger partial charge in [0.05, 0.1) is 4.87 Å². The summed E-state index contributed by atoms with van der Waals surface area (Å²) in [5.74, 6) is 1.29. The molecule has 29 heavy (non-hydrogen) atoms. The van der Waals surface area contributed by atoms with Crippen LogP contribution in [0.15, 0.2) is 59.1 Å². The lowest BCUT2D eigenvalue weighted by Gasteiger charge is -2.44. The average molecular weight is 473 g/mol. The standard InChI is InChI=1S/C23H25BrN2O2S/c24-20-9-7-19(8-10-20)22(28)26-16-17-29-23(26)12-14-25(15-13-23)21(27)11-6-18-4-2-1-3-5-18/h1-5,7-10H,6,11-17H2. The van der Waals surface area contributed by atoms with Crippen LogP contribution >= 0.6 is 27.7 Å². The van der Waals surface area contributed by atoms with Crippen molar-refractivity contribution >= 4 is 39.5 Å². The summed E-state index contributed by atoms with van der Waals surface area (Å²) in [6, 6.07) is 17.7. The largest absolute Gasteiger partial charge is 0.342 e. The van der Waals surface area contributed by atoms with Gasteiger partial charge in [0.15, 0.2) is 0 Å². The number of carbonyl (C=O) groups excluding carboxylic acids is 2. The summed E-state index contributed by atoms with van der Waals surface area (Å²) in [6.07, 6.45) is 3.02. The van der Waals surface area contributed by atoms with E-state index in [1.54, 1.807) is 0 Å². The third-order valence-electron chi connectivity index (χ3n) is 5.88. The molecule has 1 spiro atoms. The van der Waals surface area contributed by atoms with Crippen LogP contribution in [0, 0.1) is 0 Å². The molecule has 2 amide bonds. The fourth-order valence-corrected chi connectivity index (χ4v) is 5.94. The van der Waals surface area contributed by atoms with Gasteiger partial charge < -0.3 is 9.80 Å². The van der Waals surface area contributed by atoms with Gasteiger partial charge in [0, 0.05) is 41.8 Å². The molecule has 0 unspecified atom stereocenters. The Kier molecular flexibility index (Phi) is 6.30. The predicted molar refractivity (Wildman–Crippen MR) is 121 cm³/mol. The van der Waals surface area contributed by atoms with E-state index in [0.29, 0.717) is 6.42 Å². The molecule has 0 aromatic heterocycles. The van der Waals surface area contributed by atoms with Crippen molar-refractivity contribution in [3.8, 4) is 0 Å². The smallest absolute Gasteiger partial charge is 0.254 e. The molecule has 6 heteroatoms. The molecule has 2 saturated heterocycles. The summed E-state index contributed by atoms with van der Waals surface area (Å²) in [6.45, 7) is 2.23. The number of amides is 2. The van der Waals surface area contributed by atoms with Crippen LogP contribution in [0.5, 0.6) is 0 Å². The number of hydrogen-bond donors (Lipinski definition) is 0. The molecule has 4 nitrogen and oxygen atoms in total. The summed E-state index contributed by atoms with van der Waals surface area (Å²) < 4.78 is 0.974. The lowest BCUT2D eigenvalue weighted by molar-refractivity contribution is -0.132. The predicted octanol–water partition coefficient (Wildman–Crippen LogP) is 4.59. The number of hydrogen-bond acceptors (Lipinski definition) is 3. The van der Waals surface area contributed by atoms with Crippen molar-refractivity contribution in [3.63, 3.8) is 0 Å². The van der Waals surface area contributed by atoms with Crippen LogP contribution in [-0.2, 0) is 11.2 Å². The Morgan fingerprint density at radius 1 is 0.966 bits per heavy atom. The van der Waals surface area contributed by atoms with E-state index in [-0.39, 0.29) is 16.7 Å². The Balaban J connectivity index is 1.36. The molecule has 2 fully saturated rings. The maximum atomic E-state index is 13.1. The highest BCUT2D eigenvalue weighted by Gasteiger charge is 2.46. The summed E-state index contributed by atoms with van der Waals surface area (Å²) in [5.41, 5.74) is 1.93. The van der Waals surface area contributed by atoms with Gasteiger partial charge in [-0.15, -0.1) is 11.8 Å². The van der Waals surface area contributed by atoms with Crippen LogP contribution in [0.2, 0.25) is 0 Å². The quantitative estimate of drug-likeness (QED) is 0.653. The van der Waals surface area contributed by atoms with Gasteiger partial charge in [0.2, 0.25) is 5.91 Å². The number of carbonyl (C=O) groups is 2. The third-order valence-corrected chi connectivity index (χ3v) is 7.96. The van der Waals surface area contributed by atoms with Crippen LogP contribution in [0.1, 0.15) is 35.2 Å². The molecule has 0 atom stereocenters. The number of likely N-dealkylation sites (tertiary alicyclic amines) is 1. The summed E-state index contributed by atoms with van der Waals surface area (Å²) >= 11 is 5.31. The first-order valence-electron chi connectivity index (χ1n) is 10.1. The maximum Gasteiger partial charge on any atom is 0.254 e. The first-order valence-corrected chi connectivity index (χ1v) is 11.9. The molecule has 2 aliphatic heterocycles. The first-order chi connectivity index (χ1) is 14.1. The molecule has 2 aromatic rings. The molecule has 2 aliphatic rings. The van der Waals surface area contributed by atoms with E-state index in [4.69, 9.17) is 0 Å². The monoisotopic (exact) mass is 472 g/mol. The fourth-order valence-electron chi connectivity index (χ4n) is 4.22. The Bertz CT molecular complexity index is 864. The van der Waals surface area contributed by atoms with E-state index < -0.39 is 0 Å². The van der Waals surface area contributed by atoms with Gasteiger partial charge in [-0.3, -0.25) is 9.59 Å². The molecular formula is C23H25BrN2O2S. The van der Waals surface area contributed by atoms with E-state index in [1.807, 2.05) is 64.0 Å². The summed E-state index contributed by atoms with van der Waals surface area (Å²) in [4.78, 5) is 29.7. The van der Waals surface area contributed by atoms with Crippen LogP contribution < -0.4 is 0 Å². The van der Waals surface area contributed by atoms with E-state index in [0.717, 1.165) is 54.7 Å². The third kappa shape index (κ3) is 4.53. The second kappa shape index (κ2) is 8.92. The summed E-state index contributed by atoms with van der Waals surface area (Å²) in [5, 5.41) is 0. The van der Waals surface area contributed by atoms with Crippen molar-refractivity contribution in [2.45, 2.75) is 30.6 Å². The van der Waals surface area contributed by atoms with Gasteiger partial charge >= 0.3 is 0 Å². The maximum absolute atomic E-state index is 13.1. The molecule has 0 radical (unpaired) electrons. The lowest BCUT2D eigenvalue weighted by Crippen LogP contribution is -2.53. The lowest BCUT2D eigenvalue weighted by atomic mass is 10.00. The molecule has 2 heterocycles. The first kappa shape index (κ1) is 20.5. The molecular weight excluding hydrogens is 448 g/mol. The second-order valence-corrected chi connectivity index (χ2v) is 10.00. The molecule has 0 N–H and O–H groups in total. The molecule has 2 aromatic carbocycles. The number of piperidine rings is 1. The molecule has 0 saturated carbocycles. The molecule has 0 aliphatic carbocycles. The highest BCUT2D eigenvalue weighted by molar-refractivity contribution is 9.10. The number of aryl methyl sites for hydroxylation is 1. The van der Waals surface area contributed by atoms with E-state index >= 15 is 0 Å². The van der Waals surface area contributed by atoms with E-state index in [9.17, 15) is 9.59 Å². The highest BCUT2D eigenvalue weighted by Crippen LogP contribution is 2.44. The normalized spacial score (nSPS) is 18.2. The van der Waals surface area contributed by atoms with Crippen LogP contribution in [0.3, 0.4) is 0 Å². The number of halogens is 1. The Hall–Kier alpha value is -1.79. The van der Waals surface area contributed by atoms with Crippen molar-refractivity contribution in [3.05, 3.63) is 70.2 Å². The summed E-state index contributed by atoms with van der Waals surface area (Å²) in [7, 11) is 0. The number of rotatable bonds is 4. The zero-order valence-corrected chi connectivity index (χ0v) is 18.8. The zero-order valence-electron chi connectivity index (χ0n) is 16.4. The minimum Gasteiger partial charge on any atom is -0.342 e. The van der Waals surface area contributed by atoms with E-state index in [2.05, 4.69) is 28.1 Å². The van der Waals surface area contributed by atoms with Gasteiger partial charge in [-0.05, 0) is 49.1 Å². The van der Waals surface area contributed by atoms with Gasteiger partial charge in [0.1, 0.15) is 0 Å². The number of benzene rings is 2. The molecule has 152 valence electrons. The van der Waals surface area contributed by atoms with Crippen molar-refractivity contribution < 1.29 is 9.59 Å². The van der Waals surface area contributed by atoms with Crippen molar-refractivity contribution in [1.29, 1.82) is 0 Å². The average Bonchev–Trinajstić information content (AvgIpc) is 3.16. The highest BCUT2D eigenvalue weighted by atomic mass is 79.9. The zero-order chi connectivity index (χ0) is 20.3. The Labute approximate surface area is 184 Å². The van der Waals surface area contributed by atoms with Crippen molar-refractivity contribution in [1.82, 2.24) is 9.80 Å². The molecule has 4 rings (SSSR count). The number of nitrogens with zero attached hydrogens (tertiary/aromatic N) is 2. The minimum absolute atomic E-state index is 0.103. The van der Waals surface area contributed by atoms with Gasteiger partial charge in [0.25, 0.3) is 5.91 Å². The van der Waals surface area contributed by atoms with Gasteiger partial charge in [-0.2, -0.15) is 0 Å². The van der Waals surface area contributed by atoms with Gasteiger partial charge in [-0.1, -0.05) is 46.3 Å². The van der Waals surface area contributed by atoms with Crippen LogP contribution in [0.4, 0.5) is 0 Å². The minimum atomic E-state index is -0.166. The van der Waals surface area contributed by atoms with Crippen molar-refractivity contribution in [2.75, 3.05) is 25.4 Å². The second-order valence-electron chi connectivity index (χ2n) is 7.62. The Morgan fingerprint density at radius 2 is 1.66 bits per heavy atom. The Morgan fingerprint density at radius 3 is 2.34 bits per heavy atom. The van der Waals surface area contributed by atoms with Crippen LogP contribution in [0.25, 0.3) is 0 Å². The van der Waals surface area contributed by atoms with E-state index in [1.165, 1.54) is 5.56 Å². The van der Waals surface area contributed by atoms with Gasteiger partial charge in [-0.25, -0.2) is 0 Å². The number of thioether (sulfide) groups is 1. The van der Waals surface area contributed by atoms with Crippen LogP contribution in [-0.4, -0.2) is 51.9 Å². The van der Waals surface area contributed by atoms with Crippen molar-refractivity contribution in [2.24, 2.45) is 0 Å². The SMILES string of the molecule is O=C(CCc1ccccc1)N1CCC2(CC1)SCCN2C(=O)c1ccc(Br)cc1. The topological polar surface area (TPSA) is 40.6 Å². The fraction of sp³-hybridized carbons (Fsp3) is 0.391. The molecule has 0 bridgehead atoms.